The first-order valence-corrected chi connectivity index (χ1v) is 10.1. The third kappa shape index (κ3) is 4.75. The van der Waals surface area contributed by atoms with Crippen molar-refractivity contribution < 1.29 is 28.5 Å². The van der Waals surface area contributed by atoms with E-state index in [1.54, 1.807) is 19.1 Å². The lowest BCUT2D eigenvalue weighted by molar-refractivity contribution is -0.581. The second kappa shape index (κ2) is 9.54. The molecule has 1 aromatic heterocycles. The van der Waals surface area contributed by atoms with E-state index in [0.717, 1.165) is 32.1 Å². The van der Waals surface area contributed by atoms with Gasteiger partial charge < -0.3 is 19.4 Å². The molecular formula is C21H26N2O6. The molecule has 0 N–H and O–H groups in total. The van der Waals surface area contributed by atoms with Gasteiger partial charge in [0, 0.05) is 0 Å². The standard InChI is InChI=1S/C21H26N2O6/c1-3-27-15-10-11-16-18(12-15)23(26)19(21(25)28-4-2)17(22-16)13-29-20(24)14-8-6-5-7-9-14/h10-12,14H,3-9,13H2,1-2H3. The van der Waals surface area contributed by atoms with Crippen molar-refractivity contribution in [2.45, 2.75) is 52.6 Å². The van der Waals surface area contributed by atoms with Crippen LogP contribution in [0.4, 0.5) is 0 Å². The number of hydrogen-bond donors (Lipinski definition) is 0. The molecule has 0 bridgehead atoms. The van der Waals surface area contributed by atoms with E-state index >= 15 is 0 Å². The Bertz CT molecular complexity index is 892. The van der Waals surface area contributed by atoms with E-state index in [1.807, 2.05) is 6.92 Å². The van der Waals surface area contributed by atoms with Crippen LogP contribution in [-0.4, -0.2) is 30.1 Å². The Morgan fingerprint density at radius 1 is 1.14 bits per heavy atom. The van der Waals surface area contributed by atoms with Crippen molar-refractivity contribution in [3.8, 4) is 5.75 Å². The second-order valence-electron chi connectivity index (χ2n) is 6.95. The summed E-state index contributed by atoms with van der Waals surface area (Å²) in [7, 11) is 0. The predicted octanol–water partition coefficient (Wildman–Crippen LogP) is 3.07. The number of esters is 2. The lowest BCUT2D eigenvalue weighted by Gasteiger charge is -2.20. The molecule has 1 heterocycles. The first kappa shape index (κ1) is 20.8. The molecule has 1 aliphatic carbocycles. The molecule has 0 unspecified atom stereocenters. The fourth-order valence-electron chi connectivity index (χ4n) is 3.55. The van der Waals surface area contributed by atoms with E-state index in [4.69, 9.17) is 14.2 Å². The van der Waals surface area contributed by atoms with Crippen molar-refractivity contribution >= 4 is 23.0 Å². The third-order valence-electron chi connectivity index (χ3n) is 4.97. The molecule has 1 aromatic carbocycles. The van der Waals surface area contributed by atoms with Gasteiger partial charge in [0.15, 0.2) is 5.69 Å². The van der Waals surface area contributed by atoms with Crippen molar-refractivity contribution in [3.63, 3.8) is 0 Å². The predicted molar refractivity (Wildman–Crippen MR) is 104 cm³/mol. The minimum Gasteiger partial charge on any atom is -0.618 e. The number of aromatic nitrogens is 2. The van der Waals surface area contributed by atoms with Crippen molar-refractivity contribution in [3.05, 3.63) is 34.8 Å². The number of ether oxygens (including phenoxy) is 3. The van der Waals surface area contributed by atoms with E-state index in [9.17, 15) is 14.8 Å². The highest BCUT2D eigenvalue weighted by Gasteiger charge is 2.30. The van der Waals surface area contributed by atoms with Crippen molar-refractivity contribution in [1.29, 1.82) is 0 Å². The van der Waals surface area contributed by atoms with Crippen LogP contribution in [-0.2, 0) is 20.9 Å². The van der Waals surface area contributed by atoms with Gasteiger partial charge in [-0.05, 0) is 38.8 Å². The zero-order valence-electron chi connectivity index (χ0n) is 16.8. The molecule has 8 heteroatoms. The van der Waals surface area contributed by atoms with Crippen LogP contribution < -0.4 is 9.47 Å². The molecule has 0 atom stereocenters. The number of nitrogens with zero attached hydrogens (tertiary/aromatic N) is 2. The van der Waals surface area contributed by atoms with Gasteiger partial charge in [-0.25, -0.2) is 9.78 Å². The van der Waals surface area contributed by atoms with E-state index in [0.29, 0.717) is 22.6 Å². The molecule has 1 fully saturated rings. The largest absolute Gasteiger partial charge is 0.618 e. The molecule has 2 aromatic rings. The molecule has 156 valence electrons. The van der Waals surface area contributed by atoms with Gasteiger partial charge in [-0.3, -0.25) is 4.79 Å². The van der Waals surface area contributed by atoms with Crippen molar-refractivity contribution in [1.82, 2.24) is 4.98 Å². The SMILES string of the molecule is CCOC(=O)c1c(COC(=O)C2CCCCC2)nc2ccc(OCC)cc2[n+]1[O-]. The number of fused-ring (bicyclic) bond motifs is 1. The van der Waals surface area contributed by atoms with Gasteiger partial charge in [0.05, 0.1) is 25.2 Å². The van der Waals surface area contributed by atoms with E-state index in [-0.39, 0.29) is 42.0 Å². The van der Waals surface area contributed by atoms with Gasteiger partial charge in [0.1, 0.15) is 17.9 Å². The van der Waals surface area contributed by atoms with Crippen molar-refractivity contribution in [2.75, 3.05) is 13.2 Å². The smallest absolute Gasteiger partial charge is 0.407 e. The van der Waals surface area contributed by atoms with Gasteiger partial charge >= 0.3 is 17.6 Å². The van der Waals surface area contributed by atoms with E-state index in [2.05, 4.69) is 4.98 Å². The molecule has 0 amide bonds. The summed E-state index contributed by atoms with van der Waals surface area (Å²) >= 11 is 0. The summed E-state index contributed by atoms with van der Waals surface area (Å²) in [6.45, 7) is 3.78. The maximum atomic E-state index is 12.9. The lowest BCUT2D eigenvalue weighted by atomic mass is 9.89. The van der Waals surface area contributed by atoms with Crippen molar-refractivity contribution in [2.24, 2.45) is 5.92 Å². The molecule has 1 aliphatic rings. The molecule has 0 saturated heterocycles. The Hall–Kier alpha value is -2.90. The maximum absolute atomic E-state index is 12.9. The average Bonchev–Trinajstić information content (AvgIpc) is 2.73. The number of rotatable bonds is 7. The van der Waals surface area contributed by atoms with E-state index < -0.39 is 5.97 Å². The van der Waals surface area contributed by atoms with Crippen LogP contribution in [0.2, 0.25) is 0 Å². The van der Waals surface area contributed by atoms with Gasteiger partial charge in [-0.2, -0.15) is 4.73 Å². The summed E-state index contributed by atoms with van der Waals surface area (Å²) < 4.78 is 16.4. The third-order valence-corrected chi connectivity index (χ3v) is 4.97. The summed E-state index contributed by atoms with van der Waals surface area (Å²) in [5.74, 6) is -0.756. The summed E-state index contributed by atoms with van der Waals surface area (Å²) in [4.78, 5) is 29.2. The number of benzene rings is 1. The van der Waals surface area contributed by atoms with Crippen LogP contribution in [0.5, 0.6) is 5.75 Å². The van der Waals surface area contributed by atoms with Crippen LogP contribution in [0, 0.1) is 11.1 Å². The minimum atomic E-state index is -0.803. The molecule has 8 nitrogen and oxygen atoms in total. The second-order valence-corrected chi connectivity index (χ2v) is 6.95. The van der Waals surface area contributed by atoms with Gasteiger partial charge in [0.2, 0.25) is 5.52 Å². The highest BCUT2D eigenvalue weighted by molar-refractivity contribution is 5.88. The summed E-state index contributed by atoms with van der Waals surface area (Å²) in [6.07, 6.45) is 4.74. The number of hydrogen-bond acceptors (Lipinski definition) is 7. The Kier molecular flexibility index (Phi) is 6.85. The maximum Gasteiger partial charge on any atom is 0.407 e. The molecule has 1 saturated carbocycles. The fourth-order valence-corrected chi connectivity index (χ4v) is 3.55. The Balaban J connectivity index is 1.93. The molecule has 0 radical (unpaired) electrons. The van der Waals surface area contributed by atoms with Crippen LogP contribution in [0.25, 0.3) is 11.0 Å². The summed E-state index contributed by atoms with van der Waals surface area (Å²) in [6, 6.07) is 4.86. The van der Waals surface area contributed by atoms with Gasteiger partial charge in [-0.1, -0.05) is 19.3 Å². The van der Waals surface area contributed by atoms with Crippen LogP contribution in [0.15, 0.2) is 18.2 Å². The Labute approximate surface area is 169 Å². The topological polar surface area (TPSA) is 102 Å². The monoisotopic (exact) mass is 402 g/mol. The quantitative estimate of drug-likeness (QED) is 0.398. The normalized spacial score (nSPS) is 14.6. The lowest BCUT2D eigenvalue weighted by Crippen LogP contribution is -2.39. The fraction of sp³-hybridized carbons (Fsp3) is 0.524. The average molecular weight is 402 g/mol. The first-order chi connectivity index (χ1) is 14.0. The summed E-state index contributed by atoms with van der Waals surface area (Å²) in [5, 5.41) is 12.9. The van der Waals surface area contributed by atoms with Crippen LogP contribution >= 0.6 is 0 Å². The molecular weight excluding hydrogens is 376 g/mol. The Morgan fingerprint density at radius 2 is 1.90 bits per heavy atom. The molecule has 0 aliphatic heterocycles. The molecule has 3 rings (SSSR count). The number of carbonyl (C=O) groups excluding carboxylic acids is 2. The first-order valence-electron chi connectivity index (χ1n) is 10.1. The minimum absolute atomic E-state index is 0.0827. The van der Waals surface area contributed by atoms with Crippen LogP contribution in [0.3, 0.4) is 0 Å². The zero-order valence-corrected chi connectivity index (χ0v) is 16.8. The van der Waals surface area contributed by atoms with E-state index in [1.165, 1.54) is 6.07 Å². The van der Waals surface area contributed by atoms with Crippen LogP contribution in [0.1, 0.15) is 62.1 Å². The van der Waals surface area contributed by atoms with Gasteiger partial charge in [0.25, 0.3) is 0 Å². The number of carbonyl (C=O) groups is 2. The Morgan fingerprint density at radius 3 is 2.59 bits per heavy atom. The zero-order chi connectivity index (χ0) is 20.8. The highest BCUT2D eigenvalue weighted by atomic mass is 16.5. The molecule has 29 heavy (non-hydrogen) atoms. The van der Waals surface area contributed by atoms with Gasteiger partial charge in [-0.15, -0.1) is 0 Å². The highest BCUT2D eigenvalue weighted by Crippen LogP contribution is 2.25. The molecule has 0 spiro atoms. The summed E-state index contributed by atoms with van der Waals surface area (Å²) in [5.41, 5.74) is 0.366.